The van der Waals surface area contributed by atoms with Crippen LogP contribution in [0.15, 0.2) is 54.6 Å². The Hall–Kier alpha value is -2.89. The highest BCUT2D eigenvalue weighted by molar-refractivity contribution is 5.86. The van der Waals surface area contributed by atoms with Gasteiger partial charge in [0.15, 0.2) is 0 Å². The maximum atomic E-state index is 10.8. The van der Waals surface area contributed by atoms with Crippen molar-refractivity contribution in [2.24, 2.45) is 0 Å². The molecule has 5 rings (SSSR count). The average Bonchev–Trinajstić information content (AvgIpc) is 3.04. The van der Waals surface area contributed by atoms with Crippen molar-refractivity contribution in [3.63, 3.8) is 0 Å². The molecule has 1 fully saturated rings. The Kier molecular flexibility index (Phi) is 4.49. The van der Waals surface area contributed by atoms with Crippen molar-refractivity contribution in [3.05, 3.63) is 77.0 Å². The second-order valence-corrected chi connectivity index (χ2v) is 8.00. The lowest BCUT2D eigenvalue weighted by Crippen LogP contribution is -2.56. The molecular weight excluding hydrogens is 364 g/mol. The summed E-state index contributed by atoms with van der Waals surface area (Å²) in [6.07, 6.45) is 3.82. The quantitative estimate of drug-likeness (QED) is 0.663. The summed E-state index contributed by atoms with van der Waals surface area (Å²) in [7, 11) is 0. The summed E-state index contributed by atoms with van der Waals surface area (Å²) < 4.78 is 5.52. The largest absolute Gasteiger partial charge is 0.478 e. The predicted octanol–water partition coefficient (Wildman–Crippen LogP) is 4.00. The number of nitrogens with one attached hydrogen (secondary N) is 1. The highest BCUT2D eigenvalue weighted by atomic mass is 16.5. The van der Waals surface area contributed by atoms with Crippen LogP contribution in [0.4, 0.5) is 0 Å². The zero-order valence-corrected chi connectivity index (χ0v) is 16.3. The molecule has 148 valence electrons. The maximum Gasteiger partial charge on any atom is 0.328 e. The van der Waals surface area contributed by atoms with E-state index in [4.69, 9.17) is 9.84 Å². The molecule has 2 aliphatic heterocycles. The van der Waals surface area contributed by atoms with Crippen molar-refractivity contribution in [3.8, 4) is 0 Å². The fourth-order valence-electron chi connectivity index (χ4n) is 4.74. The van der Waals surface area contributed by atoms with Gasteiger partial charge in [0.25, 0.3) is 0 Å². The number of fused-ring (bicyclic) bond motifs is 3. The van der Waals surface area contributed by atoms with E-state index in [1.165, 1.54) is 33.8 Å². The van der Waals surface area contributed by atoms with Crippen LogP contribution >= 0.6 is 0 Å². The van der Waals surface area contributed by atoms with Gasteiger partial charge in [-0.1, -0.05) is 42.5 Å². The molecule has 0 bridgehead atoms. The molecule has 2 aliphatic rings. The number of aromatic nitrogens is 1. The van der Waals surface area contributed by atoms with Crippen LogP contribution in [-0.2, 0) is 16.0 Å². The molecule has 2 unspecified atom stereocenters. The normalized spacial score (nSPS) is 22.7. The Morgan fingerprint density at radius 2 is 1.93 bits per heavy atom. The van der Waals surface area contributed by atoms with Crippen LogP contribution in [0.25, 0.3) is 17.0 Å². The Bertz CT molecular complexity index is 1080. The first-order chi connectivity index (χ1) is 14.1. The minimum Gasteiger partial charge on any atom is -0.478 e. The standard InChI is InChI=1S/C24H24N2O3/c1-15-12-20-19-4-2-3-5-21(19)25-23(20)24(26(15)18-13-29-14-18)17-9-6-16(7-10-17)8-11-22(27)28/h2-11,15,18,24-25H,12-14H2,1H3,(H,27,28)/b11-8+. The highest BCUT2D eigenvalue weighted by Gasteiger charge is 2.41. The molecule has 3 aromatic rings. The van der Waals surface area contributed by atoms with Crippen LogP contribution in [0, 0.1) is 0 Å². The summed E-state index contributed by atoms with van der Waals surface area (Å²) in [6.45, 7) is 3.85. The molecule has 5 heteroatoms. The monoisotopic (exact) mass is 388 g/mol. The first-order valence-electron chi connectivity index (χ1n) is 10.1. The van der Waals surface area contributed by atoms with Gasteiger partial charge in [-0.05, 0) is 42.2 Å². The molecule has 0 aliphatic carbocycles. The van der Waals surface area contributed by atoms with E-state index in [0.717, 1.165) is 25.2 Å². The van der Waals surface area contributed by atoms with Crippen LogP contribution in [0.3, 0.4) is 0 Å². The van der Waals surface area contributed by atoms with Gasteiger partial charge in [-0.2, -0.15) is 0 Å². The fraction of sp³-hybridized carbons (Fsp3) is 0.292. The van der Waals surface area contributed by atoms with Crippen LogP contribution in [-0.4, -0.2) is 46.3 Å². The van der Waals surface area contributed by atoms with Gasteiger partial charge < -0.3 is 14.8 Å². The number of aliphatic carboxylic acids is 1. The molecule has 2 N–H and O–H groups in total. The van der Waals surface area contributed by atoms with Crippen molar-refractivity contribution in [1.82, 2.24) is 9.88 Å². The number of ether oxygens (including phenoxy) is 1. The summed E-state index contributed by atoms with van der Waals surface area (Å²) in [4.78, 5) is 17.1. The molecule has 29 heavy (non-hydrogen) atoms. The second kappa shape index (κ2) is 7.17. The Morgan fingerprint density at radius 3 is 2.62 bits per heavy atom. The summed E-state index contributed by atoms with van der Waals surface area (Å²) in [5.74, 6) is -0.936. The number of hydrogen-bond acceptors (Lipinski definition) is 3. The van der Waals surface area contributed by atoms with Crippen molar-refractivity contribution >= 4 is 22.9 Å². The predicted molar refractivity (Wildman–Crippen MR) is 113 cm³/mol. The zero-order chi connectivity index (χ0) is 20.0. The molecule has 0 spiro atoms. The third-order valence-corrected chi connectivity index (χ3v) is 6.14. The number of rotatable bonds is 4. The molecule has 5 nitrogen and oxygen atoms in total. The summed E-state index contributed by atoms with van der Waals surface area (Å²) in [5.41, 5.74) is 5.95. The molecule has 3 heterocycles. The fourth-order valence-corrected chi connectivity index (χ4v) is 4.74. The topological polar surface area (TPSA) is 65.6 Å². The highest BCUT2D eigenvalue weighted by Crippen LogP contribution is 2.42. The van der Waals surface area contributed by atoms with E-state index in [0.29, 0.717) is 12.1 Å². The Morgan fingerprint density at radius 1 is 1.17 bits per heavy atom. The molecule has 1 saturated heterocycles. The number of aromatic amines is 1. The lowest BCUT2D eigenvalue weighted by molar-refractivity contribution is -0.131. The smallest absolute Gasteiger partial charge is 0.328 e. The SMILES string of the molecule is CC1Cc2c([nH]c3ccccc23)C(c2ccc(/C=C/C(=O)O)cc2)N1C1COC1. The summed E-state index contributed by atoms with van der Waals surface area (Å²) in [6, 6.07) is 17.7. The number of benzene rings is 2. The van der Waals surface area contributed by atoms with Gasteiger partial charge >= 0.3 is 5.97 Å². The summed E-state index contributed by atoms with van der Waals surface area (Å²) in [5, 5.41) is 10.2. The van der Waals surface area contributed by atoms with Gasteiger partial charge in [0.2, 0.25) is 0 Å². The van der Waals surface area contributed by atoms with Crippen molar-refractivity contribution < 1.29 is 14.6 Å². The maximum absolute atomic E-state index is 10.8. The second-order valence-electron chi connectivity index (χ2n) is 8.00. The van der Waals surface area contributed by atoms with Gasteiger partial charge in [0.1, 0.15) is 0 Å². The van der Waals surface area contributed by atoms with Crippen LogP contribution < -0.4 is 0 Å². The van der Waals surface area contributed by atoms with Crippen LogP contribution in [0.1, 0.15) is 35.3 Å². The number of nitrogens with zero attached hydrogens (tertiary/aromatic N) is 1. The molecule has 1 aromatic heterocycles. The van der Waals surface area contributed by atoms with Gasteiger partial charge in [0.05, 0.1) is 25.3 Å². The van der Waals surface area contributed by atoms with Gasteiger partial charge in [-0.15, -0.1) is 0 Å². The molecule has 0 saturated carbocycles. The zero-order valence-electron chi connectivity index (χ0n) is 16.3. The number of hydrogen-bond donors (Lipinski definition) is 2. The third kappa shape index (κ3) is 3.16. The minimum absolute atomic E-state index is 0.132. The number of carbonyl (C=O) groups is 1. The third-order valence-electron chi connectivity index (χ3n) is 6.14. The van der Waals surface area contributed by atoms with Gasteiger partial charge in [-0.3, -0.25) is 4.90 Å². The average molecular weight is 388 g/mol. The lowest BCUT2D eigenvalue weighted by atomic mass is 9.86. The molecular formula is C24H24N2O3. The van der Waals surface area contributed by atoms with E-state index in [-0.39, 0.29) is 6.04 Å². The number of H-pyrrole nitrogens is 1. The minimum atomic E-state index is -0.936. The van der Waals surface area contributed by atoms with Crippen molar-refractivity contribution in [1.29, 1.82) is 0 Å². The van der Waals surface area contributed by atoms with E-state index in [2.05, 4.69) is 53.2 Å². The molecule has 0 radical (unpaired) electrons. The lowest BCUT2D eigenvalue weighted by Gasteiger charge is -2.48. The Balaban J connectivity index is 1.60. The van der Waals surface area contributed by atoms with E-state index in [1.54, 1.807) is 6.08 Å². The van der Waals surface area contributed by atoms with E-state index >= 15 is 0 Å². The summed E-state index contributed by atoms with van der Waals surface area (Å²) >= 11 is 0. The van der Waals surface area contributed by atoms with E-state index < -0.39 is 5.97 Å². The van der Waals surface area contributed by atoms with Gasteiger partial charge in [-0.25, -0.2) is 4.79 Å². The van der Waals surface area contributed by atoms with E-state index in [1.807, 2.05) is 12.1 Å². The van der Waals surface area contributed by atoms with Gasteiger partial charge in [0, 0.05) is 28.7 Å². The molecule has 2 atom stereocenters. The first kappa shape index (κ1) is 18.2. The van der Waals surface area contributed by atoms with Crippen molar-refractivity contribution in [2.75, 3.05) is 13.2 Å². The molecule has 2 aromatic carbocycles. The number of carboxylic acid groups (broad SMARTS) is 1. The van der Waals surface area contributed by atoms with E-state index in [9.17, 15) is 4.79 Å². The number of para-hydroxylation sites is 1. The first-order valence-corrected chi connectivity index (χ1v) is 10.1. The molecule has 0 amide bonds. The van der Waals surface area contributed by atoms with Crippen LogP contribution in [0.2, 0.25) is 0 Å². The number of carboxylic acids is 1. The Labute approximate surface area is 169 Å². The van der Waals surface area contributed by atoms with Crippen LogP contribution in [0.5, 0.6) is 0 Å². The van der Waals surface area contributed by atoms with Crippen molar-refractivity contribution in [2.45, 2.75) is 31.5 Å².